The lowest BCUT2D eigenvalue weighted by molar-refractivity contribution is 0.292. The van der Waals surface area contributed by atoms with E-state index in [9.17, 15) is 4.39 Å². The molecular formula is C12H20FN3. The van der Waals surface area contributed by atoms with Crippen molar-refractivity contribution >= 4 is 5.82 Å². The molecule has 0 saturated carbocycles. The largest absolute Gasteiger partial charge is 0.383 e. The molecule has 0 aliphatic carbocycles. The number of nitrogen functional groups attached to an aromatic ring is 1. The van der Waals surface area contributed by atoms with Crippen molar-refractivity contribution in [2.24, 2.45) is 0 Å². The van der Waals surface area contributed by atoms with Gasteiger partial charge in [-0.15, -0.1) is 0 Å². The van der Waals surface area contributed by atoms with Gasteiger partial charge in [-0.3, -0.25) is 0 Å². The Labute approximate surface area is 96.3 Å². The number of aryl methyl sites for hydroxylation is 1. The Bertz CT molecular complexity index is 358. The number of anilines is 1. The van der Waals surface area contributed by atoms with E-state index >= 15 is 0 Å². The summed E-state index contributed by atoms with van der Waals surface area (Å²) in [6.45, 7) is 8.12. The average Bonchev–Trinajstić information content (AvgIpc) is 2.17. The number of halogens is 1. The summed E-state index contributed by atoms with van der Waals surface area (Å²) in [5, 5.41) is 3.11. The van der Waals surface area contributed by atoms with Crippen molar-refractivity contribution < 1.29 is 4.39 Å². The third kappa shape index (κ3) is 3.77. The zero-order valence-corrected chi connectivity index (χ0v) is 10.3. The maximum absolute atomic E-state index is 13.9. The van der Waals surface area contributed by atoms with E-state index in [2.05, 4.69) is 10.3 Å². The minimum Gasteiger partial charge on any atom is -0.383 e. The van der Waals surface area contributed by atoms with Crippen molar-refractivity contribution in [1.82, 2.24) is 10.3 Å². The molecule has 1 heterocycles. The van der Waals surface area contributed by atoms with Gasteiger partial charge >= 0.3 is 0 Å². The van der Waals surface area contributed by atoms with Crippen molar-refractivity contribution in [2.75, 3.05) is 12.3 Å². The van der Waals surface area contributed by atoms with Gasteiger partial charge in [-0.05, 0) is 39.3 Å². The highest BCUT2D eigenvalue weighted by Gasteiger charge is 2.17. The van der Waals surface area contributed by atoms with Gasteiger partial charge in [0.05, 0.1) is 0 Å². The smallest absolute Gasteiger partial charge is 0.141 e. The molecule has 0 aliphatic rings. The second-order valence-corrected chi connectivity index (χ2v) is 5.09. The normalized spacial score (nSPS) is 13.8. The number of pyridine rings is 1. The van der Waals surface area contributed by atoms with Gasteiger partial charge in [-0.1, -0.05) is 0 Å². The molecule has 1 atom stereocenters. The standard InChI is InChI=1S/C12H20FN3/c1-8-5-9(11(14)15-6-8)10(13)7-16-12(2,3)4/h5-6,10,16H,7H2,1-4H3,(H2,14,15). The second-order valence-electron chi connectivity index (χ2n) is 5.09. The molecule has 3 N–H and O–H groups in total. The van der Waals surface area contributed by atoms with Crippen LogP contribution in [-0.4, -0.2) is 17.1 Å². The highest BCUT2D eigenvalue weighted by Crippen LogP contribution is 2.22. The van der Waals surface area contributed by atoms with Gasteiger partial charge in [-0.25, -0.2) is 9.37 Å². The lowest BCUT2D eigenvalue weighted by Gasteiger charge is -2.22. The van der Waals surface area contributed by atoms with Crippen molar-refractivity contribution in [3.63, 3.8) is 0 Å². The Kier molecular flexibility index (Phi) is 3.86. The van der Waals surface area contributed by atoms with Crippen molar-refractivity contribution in [1.29, 1.82) is 0 Å². The molecule has 0 spiro atoms. The van der Waals surface area contributed by atoms with Crippen LogP contribution in [0.4, 0.5) is 10.2 Å². The molecule has 1 rings (SSSR count). The number of aromatic nitrogens is 1. The molecule has 0 radical (unpaired) electrons. The van der Waals surface area contributed by atoms with E-state index in [0.29, 0.717) is 5.56 Å². The predicted octanol–water partition coefficient (Wildman–Crippen LogP) is 2.37. The van der Waals surface area contributed by atoms with Crippen LogP contribution in [0.15, 0.2) is 12.3 Å². The minimum absolute atomic E-state index is 0.101. The summed E-state index contributed by atoms with van der Waals surface area (Å²) in [7, 11) is 0. The molecule has 0 aliphatic heterocycles. The third-order valence-corrected chi connectivity index (χ3v) is 2.24. The van der Waals surface area contributed by atoms with Crippen LogP contribution in [0, 0.1) is 6.92 Å². The predicted molar refractivity (Wildman–Crippen MR) is 65.0 cm³/mol. The summed E-state index contributed by atoms with van der Waals surface area (Å²) in [5.74, 6) is 0.272. The maximum atomic E-state index is 13.9. The molecule has 1 aromatic heterocycles. The molecule has 16 heavy (non-hydrogen) atoms. The van der Waals surface area contributed by atoms with Gasteiger partial charge < -0.3 is 11.1 Å². The average molecular weight is 225 g/mol. The van der Waals surface area contributed by atoms with Crippen LogP contribution in [0.3, 0.4) is 0 Å². The van der Waals surface area contributed by atoms with Crippen molar-refractivity contribution in [3.05, 3.63) is 23.4 Å². The Morgan fingerprint density at radius 2 is 2.12 bits per heavy atom. The van der Waals surface area contributed by atoms with Crippen LogP contribution in [-0.2, 0) is 0 Å². The summed E-state index contributed by atoms with van der Waals surface area (Å²) in [4.78, 5) is 3.95. The molecule has 1 unspecified atom stereocenters. The van der Waals surface area contributed by atoms with E-state index in [4.69, 9.17) is 5.73 Å². The highest BCUT2D eigenvalue weighted by atomic mass is 19.1. The second kappa shape index (κ2) is 4.78. The van der Waals surface area contributed by atoms with Crippen LogP contribution in [0.1, 0.15) is 38.1 Å². The zero-order valence-electron chi connectivity index (χ0n) is 10.3. The topological polar surface area (TPSA) is 50.9 Å². The Balaban J connectivity index is 2.73. The number of nitrogens with one attached hydrogen (secondary N) is 1. The number of alkyl halides is 1. The van der Waals surface area contributed by atoms with E-state index in [1.54, 1.807) is 12.3 Å². The molecule has 0 saturated heterocycles. The van der Waals surface area contributed by atoms with Crippen LogP contribution in [0.2, 0.25) is 0 Å². The number of hydrogen-bond acceptors (Lipinski definition) is 3. The lowest BCUT2D eigenvalue weighted by atomic mass is 10.1. The van der Waals surface area contributed by atoms with E-state index in [0.717, 1.165) is 5.56 Å². The SMILES string of the molecule is Cc1cnc(N)c(C(F)CNC(C)(C)C)c1. The van der Waals surface area contributed by atoms with Gasteiger partial charge in [0.2, 0.25) is 0 Å². The minimum atomic E-state index is -1.12. The Hall–Kier alpha value is -1.16. The summed E-state index contributed by atoms with van der Waals surface area (Å²) in [5.41, 5.74) is 6.94. The van der Waals surface area contributed by atoms with Gasteiger partial charge in [0.1, 0.15) is 12.0 Å². The van der Waals surface area contributed by atoms with Gasteiger partial charge in [0, 0.05) is 23.8 Å². The van der Waals surface area contributed by atoms with E-state index in [1.807, 2.05) is 27.7 Å². The molecule has 0 bridgehead atoms. The molecule has 4 heteroatoms. The van der Waals surface area contributed by atoms with Gasteiger partial charge in [-0.2, -0.15) is 0 Å². The molecule has 0 aromatic carbocycles. The summed E-state index contributed by atoms with van der Waals surface area (Å²) in [6.07, 6.45) is 0.523. The quantitative estimate of drug-likeness (QED) is 0.830. The van der Waals surface area contributed by atoms with Crippen molar-refractivity contribution in [2.45, 2.75) is 39.4 Å². The molecule has 90 valence electrons. The fourth-order valence-corrected chi connectivity index (χ4v) is 1.36. The fourth-order valence-electron chi connectivity index (χ4n) is 1.36. The summed E-state index contributed by atoms with van der Waals surface area (Å²) < 4.78 is 13.9. The molecular weight excluding hydrogens is 205 g/mol. The number of rotatable bonds is 3. The zero-order chi connectivity index (χ0) is 12.3. The van der Waals surface area contributed by atoms with Crippen LogP contribution in [0.5, 0.6) is 0 Å². The first-order valence-corrected chi connectivity index (χ1v) is 5.41. The van der Waals surface area contributed by atoms with E-state index in [1.165, 1.54) is 0 Å². The van der Waals surface area contributed by atoms with E-state index in [-0.39, 0.29) is 17.9 Å². The van der Waals surface area contributed by atoms with Crippen LogP contribution in [0.25, 0.3) is 0 Å². The van der Waals surface area contributed by atoms with E-state index < -0.39 is 6.17 Å². The monoisotopic (exact) mass is 225 g/mol. The first-order valence-electron chi connectivity index (χ1n) is 5.41. The highest BCUT2D eigenvalue weighted by molar-refractivity contribution is 5.42. The van der Waals surface area contributed by atoms with Gasteiger partial charge in [0.15, 0.2) is 0 Å². The van der Waals surface area contributed by atoms with Gasteiger partial charge in [0.25, 0.3) is 0 Å². The summed E-state index contributed by atoms with van der Waals surface area (Å²) >= 11 is 0. The maximum Gasteiger partial charge on any atom is 0.141 e. The lowest BCUT2D eigenvalue weighted by Crippen LogP contribution is -2.38. The van der Waals surface area contributed by atoms with Crippen LogP contribution >= 0.6 is 0 Å². The fraction of sp³-hybridized carbons (Fsp3) is 0.583. The first-order chi connectivity index (χ1) is 7.29. The first kappa shape index (κ1) is 12.9. The van der Waals surface area contributed by atoms with Crippen LogP contribution < -0.4 is 11.1 Å². The Morgan fingerprint density at radius 3 is 2.69 bits per heavy atom. The molecule has 0 amide bonds. The Morgan fingerprint density at radius 1 is 1.50 bits per heavy atom. The molecule has 1 aromatic rings. The number of nitrogens with two attached hydrogens (primary N) is 1. The summed E-state index contributed by atoms with van der Waals surface area (Å²) in [6, 6.07) is 1.75. The third-order valence-electron chi connectivity index (χ3n) is 2.24. The molecule has 3 nitrogen and oxygen atoms in total. The number of nitrogens with zero attached hydrogens (tertiary/aromatic N) is 1. The van der Waals surface area contributed by atoms with Crippen molar-refractivity contribution in [3.8, 4) is 0 Å². The number of hydrogen-bond donors (Lipinski definition) is 2. The molecule has 0 fully saturated rings.